The number of urea groups is 1. The maximum Gasteiger partial charge on any atom is 0.318 e. The molecule has 2 amide bonds. The van der Waals surface area contributed by atoms with E-state index in [0.717, 1.165) is 32.7 Å². The highest BCUT2D eigenvalue weighted by molar-refractivity contribution is 5.75. The molecule has 0 aliphatic carbocycles. The van der Waals surface area contributed by atoms with Gasteiger partial charge in [0.15, 0.2) is 0 Å². The zero-order chi connectivity index (χ0) is 11.5. The Kier molecular flexibility index (Phi) is 3.66. The third-order valence-corrected chi connectivity index (χ3v) is 3.35. The third kappa shape index (κ3) is 2.65. The second-order valence-corrected chi connectivity index (χ2v) is 4.81. The summed E-state index contributed by atoms with van der Waals surface area (Å²) in [4.78, 5) is 16.2. The van der Waals surface area contributed by atoms with Crippen molar-refractivity contribution in [2.24, 2.45) is 0 Å². The van der Waals surface area contributed by atoms with Crippen LogP contribution < -0.4 is 5.32 Å². The number of nitrogens with zero attached hydrogens (tertiary/aromatic N) is 2. The zero-order valence-electron chi connectivity index (χ0n) is 10.1. The van der Waals surface area contributed by atoms with Gasteiger partial charge < -0.3 is 19.9 Å². The summed E-state index contributed by atoms with van der Waals surface area (Å²) < 4.78 is 5.25. The fourth-order valence-electron chi connectivity index (χ4n) is 2.35. The zero-order valence-corrected chi connectivity index (χ0v) is 10.1. The van der Waals surface area contributed by atoms with Gasteiger partial charge in [0, 0.05) is 32.3 Å². The smallest absolute Gasteiger partial charge is 0.318 e. The van der Waals surface area contributed by atoms with Crippen LogP contribution in [0.25, 0.3) is 0 Å². The van der Waals surface area contributed by atoms with Crippen molar-refractivity contribution < 1.29 is 9.53 Å². The number of rotatable bonds is 1. The van der Waals surface area contributed by atoms with E-state index in [2.05, 4.69) is 24.2 Å². The second kappa shape index (κ2) is 5.01. The predicted octanol–water partition coefficient (Wildman–Crippen LogP) is 0.121. The molecule has 2 aliphatic heterocycles. The van der Waals surface area contributed by atoms with Crippen LogP contribution >= 0.6 is 0 Å². The Morgan fingerprint density at radius 2 is 2.25 bits per heavy atom. The van der Waals surface area contributed by atoms with E-state index < -0.39 is 0 Å². The Hall–Kier alpha value is -0.810. The molecule has 16 heavy (non-hydrogen) atoms. The molecule has 5 heteroatoms. The molecule has 2 unspecified atom stereocenters. The number of hydrogen-bond acceptors (Lipinski definition) is 3. The molecule has 1 N–H and O–H groups in total. The van der Waals surface area contributed by atoms with Crippen LogP contribution in [0.3, 0.4) is 0 Å². The SMILES string of the molecule is CC1CN(C)CCN1C(=O)NC1CCOC1. The van der Waals surface area contributed by atoms with E-state index in [-0.39, 0.29) is 12.1 Å². The summed E-state index contributed by atoms with van der Waals surface area (Å²) in [5.41, 5.74) is 0. The summed E-state index contributed by atoms with van der Waals surface area (Å²) in [5.74, 6) is 0. The number of carbonyl (C=O) groups excluding carboxylic acids is 1. The molecule has 0 spiro atoms. The van der Waals surface area contributed by atoms with Crippen LogP contribution in [0.1, 0.15) is 13.3 Å². The number of ether oxygens (including phenoxy) is 1. The summed E-state index contributed by atoms with van der Waals surface area (Å²) in [6.07, 6.45) is 0.938. The normalized spacial score (nSPS) is 31.8. The van der Waals surface area contributed by atoms with E-state index in [1.54, 1.807) is 0 Å². The highest BCUT2D eigenvalue weighted by Crippen LogP contribution is 2.10. The van der Waals surface area contributed by atoms with Crippen molar-refractivity contribution in [3.8, 4) is 0 Å². The number of piperazine rings is 1. The molecule has 92 valence electrons. The minimum atomic E-state index is 0.0658. The molecule has 2 aliphatic rings. The van der Waals surface area contributed by atoms with E-state index in [4.69, 9.17) is 4.74 Å². The van der Waals surface area contributed by atoms with Crippen molar-refractivity contribution in [1.82, 2.24) is 15.1 Å². The standard InChI is InChI=1S/C11H21N3O2/c1-9-7-13(2)4-5-14(9)11(15)12-10-3-6-16-8-10/h9-10H,3-8H2,1-2H3,(H,12,15). The van der Waals surface area contributed by atoms with Gasteiger partial charge in [0.25, 0.3) is 0 Å². The molecule has 0 aromatic rings. The highest BCUT2D eigenvalue weighted by atomic mass is 16.5. The number of amides is 2. The predicted molar refractivity (Wildman–Crippen MR) is 61.4 cm³/mol. The van der Waals surface area contributed by atoms with Crippen LogP contribution in [0.2, 0.25) is 0 Å². The lowest BCUT2D eigenvalue weighted by atomic mass is 10.2. The van der Waals surface area contributed by atoms with Crippen LogP contribution in [0.5, 0.6) is 0 Å². The Labute approximate surface area is 96.7 Å². The lowest BCUT2D eigenvalue weighted by molar-refractivity contribution is 0.113. The van der Waals surface area contributed by atoms with E-state index in [9.17, 15) is 4.79 Å². The lowest BCUT2D eigenvalue weighted by Gasteiger charge is -2.38. The topological polar surface area (TPSA) is 44.8 Å². The molecule has 5 nitrogen and oxygen atoms in total. The molecule has 2 saturated heterocycles. The van der Waals surface area contributed by atoms with Gasteiger partial charge in [0.1, 0.15) is 0 Å². The molecular formula is C11H21N3O2. The number of carbonyl (C=O) groups is 1. The molecule has 2 atom stereocenters. The first-order valence-electron chi connectivity index (χ1n) is 6.00. The molecule has 0 bridgehead atoms. The first-order valence-corrected chi connectivity index (χ1v) is 6.00. The number of hydrogen-bond donors (Lipinski definition) is 1. The average molecular weight is 227 g/mol. The fourth-order valence-corrected chi connectivity index (χ4v) is 2.35. The van der Waals surface area contributed by atoms with Gasteiger partial charge in [0.2, 0.25) is 0 Å². The maximum absolute atomic E-state index is 12.0. The first-order chi connectivity index (χ1) is 7.66. The fraction of sp³-hybridized carbons (Fsp3) is 0.909. The van der Waals surface area contributed by atoms with Crippen LogP contribution in [0.4, 0.5) is 4.79 Å². The van der Waals surface area contributed by atoms with Gasteiger partial charge in [-0.05, 0) is 20.4 Å². The van der Waals surface area contributed by atoms with E-state index >= 15 is 0 Å². The maximum atomic E-state index is 12.0. The molecule has 2 fully saturated rings. The van der Waals surface area contributed by atoms with Crippen molar-refractivity contribution in [2.45, 2.75) is 25.4 Å². The highest BCUT2D eigenvalue weighted by Gasteiger charge is 2.27. The average Bonchev–Trinajstić information content (AvgIpc) is 2.70. The Morgan fingerprint density at radius 3 is 2.88 bits per heavy atom. The molecule has 0 radical (unpaired) electrons. The molecule has 0 aromatic heterocycles. The molecule has 2 heterocycles. The van der Waals surface area contributed by atoms with Crippen molar-refractivity contribution in [1.29, 1.82) is 0 Å². The summed E-state index contributed by atoms with van der Waals surface area (Å²) in [6.45, 7) is 6.25. The van der Waals surface area contributed by atoms with E-state index in [1.165, 1.54) is 0 Å². The van der Waals surface area contributed by atoms with Gasteiger partial charge in [-0.1, -0.05) is 0 Å². The van der Waals surface area contributed by atoms with Gasteiger partial charge in [-0.25, -0.2) is 4.79 Å². The van der Waals surface area contributed by atoms with Crippen LogP contribution in [-0.2, 0) is 4.74 Å². The van der Waals surface area contributed by atoms with Crippen molar-refractivity contribution >= 4 is 6.03 Å². The van der Waals surface area contributed by atoms with Crippen molar-refractivity contribution in [3.63, 3.8) is 0 Å². The van der Waals surface area contributed by atoms with Gasteiger partial charge >= 0.3 is 6.03 Å². The second-order valence-electron chi connectivity index (χ2n) is 4.81. The summed E-state index contributed by atoms with van der Waals surface area (Å²) >= 11 is 0. The number of nitrogens with one attached hydrogen (secondary N) is 1. The van der Waals surface area contributed by atoms with Crippen LogP contribution in [0.15, 0.2) is 0 Å². The van der Waals surface area contributed by atoms with Crippen molar-refractivity contribution in [2.75, 3.05) is 39.9 Å². The first kappa shape index (κ1) is 11.7. The summed E-state index contributed by atoms with van der Waals surface area (Å²) in [5, 5.41) is 3.04. The van der Waals surface area contributed by atoms with Crippen LogP contribution in [0, 0.1) is 0 Å². The molecule has 0 saturated carbocycles. The van der Waals surface area contributed by atoms with E-state index in [0.29, 0.717) is 12.6 Å². The van der Waals surface area contributed by atoms with Gasteiger partial charge in [0.05, 0.1) is 12.6 Å². The summed E-state index contributed by atoms with van der Waals surface area (Å²) in [7, 11) is 2.09. The van der Waals surface area contributed by atoms with Gasteiger partial charge in [-0.2, -0.15) is 0 Å². The van der Waals surface area contributed by atoms with Crippen molar-refractivity contribution in [3.05, 3.63) is 0 Å². The number of likely N-dealkylation sites (N-methyl/N-ethyl adjacent to an activating group) is 1. The molecule has 0 aromatic carbocycles. The third-order valence-electron chi connectivity index (χ3n) is 3.35. The van der Waals surface area contributed by atoms with E-state index in [1.807, 2.05) is 4.90 Å². The molecular weight excluding hydrogens is 206 g/mol. The minimum absolute atomic E-state index is 0.0658. The molecule has 2 rings (SSSR count). The Balaban J connectivity index is 1.83. The van der Waals surface area contributed by atoms with Crippen LogP contribution in [-0.4, -0.2) is 67.8 Å². The lowest BCUT2D eigenvalue weighted by Crippen LogP contribution is -2.56. The monoisotopic (exact) mass is 227 g/mol. The largest absolute Gasteiger partial charge is 0.379 e. The summed E-state index contributed by atoms with van der Waals surface area (Å²) in [6, 6.07) is 0.566. The minimum Gasteiger partial charge on any atom is -0.379 e. The van der Waals surface area contributed by atoms with Gasteiger partial charge in [-0.15, -0.1) is 0 Å². The quantitative estimate of drug-likeness (QED) is 0.692. The van der Waals surface area contributed by atoms with Gasteiger partial charge in [-0.3, -0.25) is 0 Å². The Bertz CT molecular complexity index is 254. The Morgan fingerprint density at radius 1 is 1.44 bits per heavy atom.